The molecule has 1 aromatic rings. The van der Waals surface area contributed by atoms with Gasteiger partial charge in [0.2, 0.25) is 5.91 Å². The Morgan fingerprint density at radius 3 is 2.83 bits per heavy atom. The summed E-state index contributed by atoms with van der Waals surface area (Å²) in [4.78, 5) is 11.6. The minimum absolute atomic E-state index is 0.0264. The van der Waals surface area contributed by atoms with Gasteiger partial charge in [0.05, 0.1) is 13.5 Å². The van der Waals surface area contributed by atoms with Crippen LogP contribution in [-0.4, -0.2) is 30.8 Å². The van der Waals surface area contributed by atoms with Crippen LogP contribution < -0.4 is 10.1 Å². The van der Waals surface area contributed by atoms with Crippen molar-refractivity contribution in [2.45, 2.75) is 25.8 Å². The van der Waals surface area contributed by atoms with E-state index in [1.54, 1.807) is 6.07 Å². The number of rotatable bonds is 6. The van der Waals surface area contributed by atoms with E-state index in [1.807, 2.05) is 6.92 Å². The number of aliphatic hydroxyl groups excluding tert-OH is 1. The summed E-state index contributed by atoms with van der Waals surface area (Å²) in [6.45, 7) is 1.83. The van der Waals surface area contributed by atoms with Crippen molar-refractivity contribution < 1.29 is 19.0 Å². The summed E-state index contributed by atoms with van der Waals surface area (Å²) in [6.07, 6.45) is 0.611. The minimum atomic E-state index is -0.480. The summed E-state index contributed by atoms with van der Waals surface area (Å²) in [6, 6.07) is 4.34. The molecule has 18 heavy (non-hydrogen) atoms. The molecule has 0 unspecified atom stereocenters. The van der Waals surface area contributed by atoms with Gasteiger partial charge in [0, 0.05) is 12.6 Å². The van der Waals surface area contributed by atoms with Crippen molar-refractivity contribution in [2.75, 3.05) is 13.7 Å². The van der Waals surface area contributed by atoms with Crippen molar-refractivity contribution in [1.29, 1.82) is 0 Å². The van der Waals surface area contributed by atoms with Crippen molar-refractivity contribution in [2.24, 2.45) is 0 Å². The molecule has 0 aliphatic heterocycles. The average Bonchev–Trinajstić information content (AvgIpc) is 2.29. The van der Waals surface area contributed by atoms with Crippen LogP contribution in [0.15, 0.2) is 18.2 Å². The van der Waals surface area contributed by atoms with E-state index in [0.717, 1.165) is 0 Å². The fourth-order valence-electron chi connectivity index (χ4n) is 1.60. The fourth-order valence-corrected chi connectivity index (χ4v) is 1.60. The van der Waals surface area contributed by atoms with Gasteiger partial charge in [-0.15, -0.1) is 0 Å². The van der Waals surface area contributed by atoms with Crippen molar-refractivity contribution in [3.8, 4) is 5.75 Å². The number of carbonyl (C=O) groups excluding carboxylic acids is 1. The third-order valence-electron chi connectivity index (χ3n) is 2.55. The number of hydrogen-bond acceptors (Lipinski definition) is 3. The lowest BCUT2D eigenvalue weighted by Gasteiger charge is -2.12. The lowest BCUT2D eigenvalue weighted by Crippen LogP contribution is -2.34. The highest BCUT2D eigenvalue weighted by Gasteiger charge is 2.10. The first-order chi connectivity index (χ1) is 8.56. The Balaban J connectivity index is 2.57. The van der Waals surface area contributed by atoms with Gasteiger partial charge < -0.3 is 15.2 Å². The molecule has 2 N–H and O–H groups in total. The molecule has 0 spiro atoms. The predicted octanol–water partition coefficient (Wildman–Crippen LogP) is 1.26. The number of nitrogens with one attached hydrogen (secondary N) is 1. The van der Waals surface area contributed by atoms with E-state index in [9.17, 15) is 9.18 Å². The molecular weight excluding hydrogens is 237 g/mol. The van der Waals surface area contributed by atoms with Gasteiger partial charge in [-0.2, -0.15) is 0 Å². The van der Waals surface area contributed by atoms with E-state index in [2.05, 4.69) is 5.32 Å². The Kier molecular flexibility index (Phi) is 5.58. The van der Waals surface area contributed by atoms with Crippen LogP contribution in [0.2, 0.25) is 0 Å². The van der Waals surface area contributed by atoms with E-state index in [-0.39, 0.29) is 30.7 Å². The molecule has 0 aliphatic rings. The van der Waals surface area contributed by atoms with Crippen LogP contribution in [0.3, 0.4) is 0 Å². The molecule has 5 heteroatoms. The number of amides is 1. The lowest BCUT2D eigenvalue weighted by atomic mass is 10.1. The maximum Gasteiger partial charge on any atom is 0.224 e. The zero-order valence-electron chi connectivity index (χ0n) is 10.6. The summed E-state index contributed by atoms with van der Waals surface area (Å²) in [7, 11) is 1.39. The second-order valence-corrected chi connectivity index (χ2v) is 4.13. The Labute approximate surface area is 106 Å². The van der Waals surface area contributed by atoms with Gasteiger partial charge >= 0.3 is 0 Å². The Morgan fingerprint density at radius 1 is 1.56 bits per heavy atom. The topological polar surface area (TPSA) is 58.6 Å². The highest BCUT2D eigenvalue weighted by atomic mass is 19.1. The fraction of sp³-hybridized carbons (Fsp3) is 0.462. The second-order valence-electron chi connectivity index (χ2n) is 4.13. The molecule has 0 saturated heterocycles. The summed E-state index contributed by atoms with van der Waals surface area (Å²) >= 11 is 0. The highest BCUT2D eigenvalue weighted by molar-refractivity contribution is 5.78. The molecule has 0 saturated carbocycles. The lowest BCUT2D eigenvalue weighted by molar-refractivity contribution is -0.121. The zero-order valence-corrected chi connectivity index (χ0v) is 10.6. The third kappa shape index (κ3) is 4.33. The first kappa shape index (κ1) is 14.4. The molecule has 0 bridgehead atoms. The summed E-state index contributed by atoms with van der Waals surface area (Å²) in [5.41, 5.74) is 0.585. The SMILES string of the molecule is COc1ccc(CC(=O)N[C@H](C)CCO)cc1F. The largest absolute Gasteiger partial charge is 0.494 e. The number of methoxy groups -OCH3 is 1. The molecule has 0 heterocycles. The molecule has 1 aromatic carbocycles. The summed E-state index contributed by atoms with van der Waals surface area (Å²) < 4.78 is 18.2. The van der Waals surface area contributed by atoms with Crippen molar-refractivity contribution >= 4 is 5.91 Å². The van der Waals surface area contributed by atoms with Crippen LogP contribution in [0.1, 0.15) is 18.9 Å². The Hall–Kier alpha value is -1.62. The van der Waals surface area contributed by atoms with E-state index in [0.29, 0.717) is 12.0 Å². The van der Waals surface area contributed by atoms with Gasteiger partial charge in [0.25, 0.3) is 0 Å². The molecule has 1 atom stereocenters. The number of halogens is 1. The molecule has 1 rings (SSSR count). The van der Waals surface area contributed by atoms with E-state index >= 15 is 0 Å². The Bertz CT molecular complexity index is 409. The Morgan fingerprint density at radius 2 is 2.28 bits per heavy atom. The van der Waals surface area contributed by atoms with Crippen LogP contribution in [0.5, 0.6) is 5.75 Å². The number of benzene rings is 1. The van der Waals surface area contributed by atoms with Gasteiger partial charge in [-0.05, 0) is 31.0 Å². The third-order valence-corrected chi connectivity index (χ3v) is 2.55. The van der Waals surface area contributed by atoms with Crippen molar-refractivity contribution in [3.63, 3.8) is 0 Å². The van der Waals surface area contributed by atoms with Crippen LogP contribution in [0, 0.1) is 5.82 Å². The maximum absolute atomic E-state index is 13.4. The molecule has 4 nitrogen and oxygen atoms in total. The quantitative estimate of drug-likeness (QED) is 0.804. The predicted molar refractivity (Wildman–Crippen MR) is 66.0 cm³/mol. The number of hydrogen-bond donors (Lipinski definition) is 2. The first-order valence-corrected chi connectivity index (χ1v) is 5.79. The number of carbonyl (C=O) groups is 1. The van der Waals surface area contributed by atoms with E-state index < -0.39 is 5.82 Å². The van der Waals surface area contributed by atoms with Crippen molar-refractivity contribution in [1.82, 2.24) is 5.32 Å². The van der Waals surface area contributed by atoms with Crippen LogP contribution in [0.4, 0.5) is 4.39 Å². The minimum Gasteiger partial charge on any atom is -0.494 e. The summed E-state index contributed by atoms with van der Waals surface area (Å²) in [5, 5.41) is 11.4. The molecule has 0 fully saturated rings. The van der Waals surface area contributed by atoms with Gasteiger partial charge in [-0.25, -0.2) is 4.39 Å². The zero-order chi connectivity index (χ0) is 13.5. The molecule has 100 valence electrons. The first-order valence-electron chi connectivity index (χ1n) is 5.79. The molecule has 1 amide bonds. The van der Waals surface area contributed by atoms with Gasteiger partial charge in [0.15, 0.2) is 11.6 Å². The van der Waals surface area contributed by atoms with Gasteiger partial charge in [-0.3, -0.25) is 4.79 Å². The van der Waals surface area contributed by atoms with Crippen LogP contribution in [0.25, 0.3) is 0 Å². The number of aliphatic hydroxyl groups is 1. The monoisotopic (exact) mass is 255 g/mol. The molecule has 0 radical (unpaired) electrons. The number of ether oxygens (including phenoxy) is 1. The molecule has 0 aliphatic carbocycles. The highest BCUT2D eigenvalue weighted by Crippen LogP contribution is 2.17. The summed E-state index contributed by atoms with van der Waals surface area (Å²) in [5.74, 6) is -0.514. The maximum atomic E-state index is 13.4. The van der Waals surface area contributed by atoms with E-state index in [4.69, 9.17) is 9.84 Å². The average molecular weight is 255 g/mol. The van der Waals surface area contributed by atoms with Gasteiger partial charge in [-0.1, -0.05) is 6.07 Å². The normalized spacial score (nSPS) is 12.0. The van der Waals surface area contributed by atoms with Crippen molar-refractivity contribution in [3.05, 3.63) is 29.6 Å². The standard InChI is InChI=1S/C13H18FNO3/c1-9(5-6-16)15-13(17)8-10-3-4-12(18-2)11(14)7-10/h3-4,7,9,16H,5-6,8H2,1-2H3,(H,15,17)/t9-/m1/s1. The van der Waals surface area contributed by atoms with Crippen LogP contribution in [-0.2, 0) is 11.2 Å². The van der Waals surface area contributed by atoms with E-state index in [1.165, 1.54) is 19.2 Å². The second kappa shape index (κ2) is 6.96. The molecule has 0 aromatic heterocycles. The molecular formula is C13H18FNO3. The van der Waals surface area contributed by atoms with Crippen LogP contribution >= 0.6 is 0 Å². The van der Waals surface area contributed by atoms with Gasteiger partial charge in [0.1, 0.15) is 0 Å². The smallest absolute Gasteiger partial charge is 0.224 e.